The van der Waals surface area contributed by atoms with Gasteiger partial charge in [0.1, 0.15) is 0 Å². The average Bonchev–Trinajstić information content (AvgIpc) is 1.66. The van der Waals surface area contributed by atoms with Crippen LogP contribution in [0.25, 0.3) is 0 Å². The standard InChI is InChI=1S/4C9H19N.C8H18N2.C8H17NO.C8H17NS.3C8H17N.C7H15N/c4*1-9(2,3)10-7-5-4-6-8-10;1-8(2,3)10-6-4-5-9-7-10;2*1-8(2,3)9-5-4-6-10-7-9;3*1-8(2,3)9-6-4-5-7-9;1-7(2,3)8-5-4-6-8/h4*4-8H2,1-3H3;9H,4-7H2,1-3H3;2*4-7H2,1-3H3;3*4-7H2,1-3H3;4-6H2,1-3H3. The van der Waals surface area contributed by atoms with Crippen LogP contribution in [-0.4, -0.2) is 277 Å². The summed E-state index contributed by atoms with van der Waals surface area (Å²) in [6.07, 6.45) is 30.6. The molecule has 11 fully saturated rings. The molecule has 0 unspecified atom stereocenters. The molecular weight excluding hydrogens is 1310 g/mol. The Kier molecular flexibility index (Phi) is 48.5. The van der Waals surface area contributed by atoms with Crippen molar-refractivity contribution in [2.24, 2.45) is 0 Å². The molecule has 0 aromatic rings. The van der Waals surface area contributed by atoms with Gasteiger partial charge in [0, 0.05) is 99.7 Å². The highest BCUT2D eigenvalue weighted by molar-refractivity contribution is 7.99. The van der Waals surface area contributed by atoms with Crippen molar-refractivity contribution in [1.82, 2.24) is 59.2 Å². The first-order valence-electron chi connectivity index (χ1n) is 44.3. The smallest absolute Gasteiger partial charge is 0.0994 e. The van der Waals surface area contributed by atoms with Crippen LogP contribution in [0.1, 0.15) is 370 Å². The monoisotopic (exact) mass is 1500 g/mol. The summed E-state index contributed by atoms with van der Waals surface area (Å²) >= 11 is 2.06. The third-order valence-electron chi connectivity index (χ3n) is 23.0. The van der Waals surface area contributed by atoms with E-state index in [0.717, 1.165) is 20.0 Å². The van der Waals surface area contributed by atoms with Crippen molar-refractivity contribution >= 4 is 11.8 Å². The van der Waals surface area contributed by atoms with E-state index in [0.29, 0.717) is 55.4 Å². The third kappa shape index (κ3) is 48.6. The fraction of sp³-hybridized carbons (Fsp3) is 1.00. The predicted octanol–water partition coefficient (Wildman–Crippen LogP) is 20.9. The molecule has 11 saturated heterocycles. The molecule has 0 radical (unpaired) electrons. The lowest BCUT2D eigenvalue weighted by Gasteiger charge is -2.42. The van der Waals surface area contributed by atoms with E-state index >= 15 is 0 Å². The average molecular weight is 1500 g/mol. The molecule has 0 bridgehead atoms. The van der Waals surface area contributed by atoms with Crippen molar-refractivity contribution in [3.8, 4) is 0 Å². The van der Waals surface area contributed by atoms with Gasteiger partial charge in [-0.2, -0.15) is 0 Å². The van der Waals surface area contributed by atoms with E-state index in [4.69, 9.17) is 4.74 Å². The zero-order valence-electron chi connectivity index (χ0n) is 78.0. The summed E-state index contributed by atoms with van der Waals surface area (Å²) in [5, 5.41) is 3.37. The minimum Gasteiger partial charge on any atom is -0.366 e. The van der Waals surface area contributed by atoms with Gasteiger partial charge in [-0.25, -0.2) is 0 Å². The summed E-state index contributed by atoms with van der Waals surface area (Å²) < 4.78 is 5.33. The van der Waals surface area contributed by atoms with E-state index in [1.165, 1.54) is 284 Å². The van der Waals surface area contributed by atoms with Crippen molar-refractivity contribution in [1.29, 1.82) is 0 Å². The molecule has 0 aromatic carbocycles. The molecular formula is C91H194N12OS. The molecule has 0 aliphatic carbocycles. The van der Waals surface area contributed by atoms with Gasteiger partial charge in [-0.05, 0) is 461 Å². The minimum atomic E-state index is 0.278. The van der Waals surface area contributed by atoms with Crippen molar-refractivity contribution in [2.75, 3.05) is 163 Å². The molecule has 0 aromatic heterocycles. The number of hydrogen-bond donors (Lipinski definition) is 1. The highest BCUT2D eigenvalue weighted by atomic mass is 32.2. The van der Waals surface area contributed by atoms with Gasteiger partial charge < -0.3 is 10.1 Å². The maximum atomic E-state index is 5.33. The second-order valence-electron chi connectivity index (χ2n) is 43.6. The van der Waals surface area contributed by atoms with E-state index in [2.05, 4.69) is 299 Å². The van der Waals surface area contributed by atoms with Crippen molar-refractivity contribution < 1.29 is 4.74 Å². The van der Waals surface area contributed by atoms with Crippen LogP contribution in [-0.2, 0) is 4.74 Å². The Morgan fingerprint density at radius 1 is 0.200 bits per heavy atom. The molecule has 0 spiro atoms. The van der Waals surface area contributed by atoms with E-state index in [1.807, 2.05) is 0 Å². The number of likely N-dealkylation sites (tertiary alicyclic amines) is 8. The summed E-state index contributed by atoms with van der Waals surface area (Å²) in [6, 6.07) is 0. The van der Waals surface area contributed by atoms with Crippen LogP contribution in [0, 0.1) is 0 Å². The van der Waals surface area contributed by atoms with Gasteiger partial charge in [0.05, 0.1) is 6.73 Å². The molecule has 11 rings (SSSR count). The first-order valence-corrected chi connectivity index (χ1v) is 45.4. The molecule has 0 atom stereocenters. The lowest BCUT2D eigenvalue weighted by Crippen LogP contribution is -2.50. The van der Waals surface area contributed by atoms with Crippen LogP contribution in [0.15, 0.2) is 0 Å². The van der Waals surface area contributed by atoms with E-state index < -0.39 is 0 Å². The largest absolute Gasteiger partial charge is 0.366 e. The number of rotatable bonds is 0. The summed E-state index contributed by atoms with van der Waals surface area (Å²) in [4.78, 5) is 27.8. The van der Waals surface area contributed by atoms with Crippen molar-refractivity contribution in [3.05, 3.63) is 0 Å². The van der Waals surface area contributed by atoms with Crippen LogP contribution in [0.2, 0.25) is 0 Å². The Morgan fingerprint density at radius 2 is 0.400 bits per heavy atom. The van der Waals surface area contributed by atoms with Crippen molar-refractivity contribution in [3.63, 3.8) is 0 Å². The Morgan fingerprint density at radius 3 is 0.524 bits per heavy atom. The molecule has 0 saturated carbocycles. The third-order valence-corrected chi connectivity index (χ3v) is 24.1. The molecule has 11 aliphatic heterocycles. The zero-order valence-corrected chi connectivity index (χ0v) is 78.8. The quantitative estimate of drug-likeness (QED) is 0.250. The number of piperidine rings is 4. The summed E-state index contributed by atoms with van der Waals surface area (Å²) in [5.41, 5.74) is 4.28. The normalized spacial score (nSPS) is 23.1. The maximum absolute atomic E-state index is 5.33. The number of hydrogen-bond acceptors (Lipinski definition) is 14. The highest BCUT2D eigenvalue weighted by Gasteiger charge is 2.31. The molecule has 630 valence electrons. The van der Waals surface area contributed by atoms with Crippen LogP contribution < -0.4 is 5.32 Å². The van der Waals surface area contributed by atoms with Gasteiger partial charge in [-0.3, -0.25) is 53.9 Å². The van der Waals surface area contributed by atoms with Crippen LogP contribution in [0.5, 0.6) is 0 Å². The van der Waals surface area contributed by atoms with Gasteiger partial charge >= 0.3 is 0 Å². The molecule has 1 N–H and O–H groups in total. The molecule has 105 heavy (non-hydrogen) atoms. The van der Waals surface area contributed by atoms with Gasteiger partial charge in [0.2, 0.25) is 0 Å². The second-order valence-corrected chi connectivity index (χ2v) is 44.7. The highest BCUT2D eigenvalue weighted by Crippen LogP contribution is 2.27. The zero-order chi connectivity index (χ0) is 80.2. The molecule has 0 amide bonds. The number of nitrogens with one attached hydrogen (secondary N) is 1. The Hall–Kier alpha value is -0.170. The Labute approximate surface area is 665 Å². The molecule has 14 heteroatoms. The van der Waals surface area contributed by atoms with Gasteiger partial charge in [-0.1, -0.05) is 25.7 Å². The Bertz CT molecular complexity index is 1720. The van der Waals surface area contributed by atoms with Crippen LogP contribution >= 0.6 is 11.8 Å². The summed E-state index contributed by atoms with van der Waals surface area (Å²) in [7, 11) is 0. The second kappa shape index (κ2) is 49.6. The minimum absolute atomic E-state index is 0.278. The van der Waals surface area contributed by atoms with Gasteiger partial charge in [0.25, 0.3) is 0 Å². The molecule has 13 nitrogen and oxygen atoms in total. The number of thioether (sulfide) groups is 1. The van der Waals surface area contributed by atoms with Gasteiger partial charge in [0.15, 0.2) is 0 Å². The van der Waals surface area contributed by atoms with Crippen molar-refractivity contribution in [2.45, 2.75) is 431 Å². The van der Waals surface area contributed by atoms with Crippen LogP contribution in [0.3, 0.4) is 0 Å². The summed E-state index contributed by atoms with van der Waals surface area (Å²) in [5.74, 6) is 2.58. The van der Waals surface area contributed by atoms with E-state index in [-0.39, 0.29) is 5.54 Å². The fourth-order valence-corrected chi connectivity index (χ4v) is 16.1. The fourth-order valence-electron chi connectivity index (χ4n) is 14.9. The number of nitrogens with zero attached hydrogens (tertiary/aromatic N) is 11. The van der Waals surface area contributed by atoms with Crippen LogP contribution in [0.4, 0.5) is 0 Å². The topological polar surface area (TPSA) is 56.9 Å². The van der Waals surface area contributed by atoms with E-state index in [1.54, 1.807) is 0 Å². The molecule has 11 heterocycles. The lowest BCUT2D eigenvalue weighted by molar-refractivity contribution is -0.0560. The predicted molar refractivity (Wildman–Crippen MR) is 473 cm³/mol. The van der Waals surface area contributed by atoms with E-state index in [9.17, 15) is 0 Å². The van der Waals surface area contributed by atoms with Gasteiger partial charge in [-0.15, -0.1) is 11.8 Å². The maximum Gasteiger partial charge on any atom is 0.0994 e. The summed E-state index contributed by atoms with van der Waals surface area (Å²) in [6.45, 7) is 104. The molecule has 11 aliphatic rings. The Balaban J connectivity index is 0.000000578. The number of ether oxygens (including phenoxy) is 1. The lowest BCUT2D eigenvalue weighted by atomic mass is 10.0. The first kappa shape index (κ1) is 103. The SMILES string of the molecule is CC(C)(C)N1CCC1.CC(C)(C)N1CCCC1.CC(C)(C)N1CCCC1.CC(C)(C)N1CCCC1.CC(C)(C)N1CCCCC1.CC(C)(C)N1CCCCC1.CC(C)(C)N1CCCCC1.CC(C)(C)N1CCCCC1.CC(C)(C)N1CCCNC1.CC(C)(C)N1CCCOC1.CC(C)(C)N1CCCSC1. The first-order chi connectivity index (χ1) is 48.2.